The Morgan fingerprint density at radius 1 is 1.03 bits per heavy atom. The Kier molecular flexibility index (Phi) is 4.20. The van der Waals surface area contributed by atoms with Crippen molar-refractivity contribution in [2.24, 2.45) is 0 Å². The first-order valence-corrected chi connectivity index (χ1v) is 10.1. The van der Waals surface area contributed by atoms with E-state index in [0.717, 1.165) is 46.6 Å². The van der Waals surface area contributed by atoms with Crippen molar-refractivity contribution in [1.29, 1.82) is 0 Å². The van der Waals surface area contributed by atoms with E-state index in [2.05, 4.69) is 57.3 Å². The fourth-order valence-electron chi connectivity index (χ4n) is 4.23. The maximum absolute atomic E-state index is 4.78. The summed E-state index contributed by atoms with van der Waals surface area (Å²) in [6, 6.07) is 9.38. The highest BCUT2D eigenvalue weighted by molar-refractivity contribution is 5.83. The molecule has 4 aromatic rings. The van der Waals surface area contributed by atoms with E-state index in [0.29, 0.717) is 17.9 Å². The van der Waals surface area contributed by atoms with Crippen LogP contribution in [-0.4, -0.2) is 49.7 Å². The number of hydrogen-bond donors (Lipinski definition) is 1. The molecule has 1 aromatic carbocycles. The van der Waals surface area contributed by atoms with Crippen molar-refractivity contribution in [2.75, 3.05) is 18.0 Å². The summed E-state index contributed by atoms with van der Waals surface area (Å²) in [6.07, 6.45) is 3.82. The molecule has 5 rings (SSSR count). The van der Waals surface area contributed by atoms with Gasteiger partial charge >= 0.3 is 0 Å². The number of imidazole rings is 1. The van der Waals surface area contributed by atoms with Crippen molar-refractivity contribution in [3.05, 3.63) is 47.9 Å². The Labute approximate surface area is 169 Å². The molecule has 0 amide bonds. The molecule has 2 atom stereocenters. The van der Waals surface area contributed by atoms with Gasteiger partial charge in [-0.25, -0.2) is 19.5 Å². The molecule has 0 aliphatic carbocycles. The molecule has 1 fully saturated rings. The SMILES string of the molecule is Cc1cn2nc(-c3ncc4cc(N5C[C@H](C)N[C@@H](C)C5)ccc4n3)cc(C)c2n1. The summed E-state index contributed by atoms with van der Waals surface area (Å²) in [5, 5.41) is 9.28. The van der Waals surface area contributed by atoms with Crippen LogP contribution in [0.4, 0.5) is 5.69 Å². The topological polar surface area (TPSA) is 71.2 Å². The largest absolute Gasteiger partial charge is 0.368 e. The molecule has 1 saturated heterocycles. The van der Waals surface area contributed by atoms with Crippen molar-refractivity contribution >= 4 is 22.2 Å². The lowest BCUT2D eigenvalue weighted by molar-refractivity contribution is 0.407. The summed E-state index contributed by atoms with van der Waals surface area (Å²) in [5.41, 5.74) is 5.78. The molecule has 1 aliphatic rings. The van der Waals surface area contributed by atoms with E-state index in [1.807, 2.05) is 36.8 Å². The minimum atomic E-state index is 0.476. The van der Waals surface area contributed by atoms with Gasteiger partial charge in [0.2, 0.25) is 0 Å². The van der Waals surface area contributed by atoms with Crippen molar-refractivity contribution < 1.29 is 0 Å². The zero-order valence-electron chi connectivity index (χ0n) is 17.2. The standard InChI is InChI=1S/C22H25N7/c1-13-7-20(27-29-12-16(4)25-22(13)29)21-23-9-17-8-18(5-6-19(17)26-21)28-10-14(2)24-15(3)11-28/h5-9,12,14-15,24H,10-11H2,1-4H3/t14-,15-/m0/s1. The number of nitrogens with zero attached hydrogens (tertiary/aromatic N) is 6. The summed E-state index contributed by atoms with van der Waals surface area (Å²) >= 11 is 0. The summed E-state index contributed by atoms with van der Waals surface area (Å²) in [6.45, 7) is 10.5. The van der Waals surface area contributed by atoms with Crippen molar-refractivity contribution in [3.8, 4) is 11.5 Å². The van der Waals surface area contributed by atoms with Crippen LogP contribution in [0.3, 0.4) is 0 Å². The van der Waals surface area contributed by atoms with E-state index in [1.54, 1.807) is 0 Å². The number of aryl methyl sites for hydroxylation is 2. The lowest BCUT2D eigenvalue weighted by Crippen LogP contribution is -2.54. The Morgan fingerprint density at radius 2 is 1.83 bits per heavy atom. The lowest BCUT2D eigenvalue weighted by Gasteiger charge is -2.37. The van der Waals surface area contributed by atoms with Crippen molar-refractivity contribution in [3.63, 3.8) is 0 Å². The van der Waals surface area contributed by atoms with Gasteiger partial charge in [-0.2, -0.15) is 5.10 Å². The molecular weight excluding hydrogens is 362 g/mol. The summed E-state index contributed by atoms with van der Waals surface area (Å²) < 4.78 is 1.81. The molecule has 0 spiro atoms. The highest BCUT2D eigenvalue weighted by Crippen LogP contribution is 2.25. The Bertz CT molecular complexity index is 1200. The van der Waals surface area contributed by atoms with Crippen molar-refractivity contribution in [1.82, 2.24) is 29.9 Å². The van der Waals surface area contributed by atoms with E-state index >= 15 is 0 Å². The van der Waals surface area contributed by atoms with Gasteiger partial charge in [-0.05, 0) is 57.5 Å². The van der Waals surface area contributed by atoms with E-state index in [1.165, 1.54) is 5.69 Å². The molecule has 148 valence electrons. The first kappa shape index (κ1) is 18.0. The molecule has 1 N–H and O–H groups in total. The second kappa shape index (κ2) is 6.77. The molecule has 7 nitrogen and oxygen atoms in total. The summed E-state index contributed by atoms with van der Waals surface area (Å²) in [5.74, 6) is 0.631. The molecule has 4 heterocycles. The van der Waals surface area contributed by atoms with E-state index < -0.39 is 0 Å². The van der Waals surface area contributed by atoms with Crippen LogP contribution < -0.4 is 10.2 Å². The van der Waals surface area contributed by atoms with Crippen LogP contribution in [0.25, 0.3) is 28.1 Å². The smallest absolute Gasteiger partial charge is 0.180 e. The summed E-state index contributed by atoms with van der Waals surface area (Å²) in [4.78, 5) is 16.3. The van der Waals surface area contributed by atoms with Gasteiger partial charge in [0, 0.05) is 42.4 Å². The zero-order valence-corrected chi connectivity index (χ0v) is 17.2. The van der Waals surface area contributed by atoms with E-state index in [-0.39, 0.29) is 0 Å². The molecule has 0 saturated carbocycles. The van der Waals surface area contributed by atoms with Crippen LogP contribution in [0.2, 0.25) is 0 Å². The lowest BCUT2D eigenvalue weighted by atomic mass is 10.1. The van der Waals surface area contributed by atoms with Crippen LogP contribution in [-0.2, 0) is 0 Å². The Balaban J connectivity index is 1.51. The van der Waals surface area contributed by atoms with Gasteiger partial charge in [-0.3, -0.25) is 0 Å². The molecular formula is C22H25N7. The van der Waals surface area contributed by atoms with Crippen LogP contribution in [0.5, 0.6) is 0 Å². The predicted molar refractivity (Wildman–Crippen MR) is 115 cm³/mol. The number of hydrogen-bond acceptors (Lipinski definition) is 6. The number of benzene rings is 1. The molecule has 0 unspecified atom stereocenters. The van der Waals surface area contributed by atoms with Gasteiger partial charge in [0.1, 0.15) is 5.69 Å². The molecule has 29 heavy (non-hydrogen) atoms. The van der Waals surface area contributed by atoms with Gasteiger partial charge in [0.25, 0.3) is 0 Å². The average Bonchev–Trinajstić information content (AvgIpc) is 3.07. The molecule has 0 bridgehead atoms. The van der Waals surface area contributed by atoms with Crippen LogP contribution in [0.1, 0.15) is 25.1 Å². The number of piperazine rings is 1. The van der Waals surface area contributed by atoms with Crippen LogP contribution >= 0.6 is 0 Å². The number of anilines is 1. The predicted octanol–water partition coefficient (Wildman–Crippen LogP) is 3.14. The maximum atomic E-state index is 4.78. The minimum Gasteiger partial charge on any atom is -0.368 e. The Hall–Kier alpha value is -3.06. The fraction of sp³-hybridized carbons (Fsp3) is 0.364. The van der Waals surface area contributed by atoms with E-state index in [9.17, 15) is 0 Å². The Morgan fingerprint density at radius 3 is 2.62 bits per heavy atom. The van der Waals surface area contributed by atoms with Gasteiger partial charge in [-0.1, -0.05) is 0 Å². The number of rotatable bonds is 2. The van der Waals surface area contributed by atoms with Crippen LogP contribution in [0, 0.1) is 13.8 Å². The average molecular weight is 387 g/mol. The fourth-order valence-corrected chi connectivity index (χ4v) is 4.23. The van der Waals surface area contributed by atoms with Gasteiger partial charge in [0.15, 0.2) is 11.5 Å². The highest BCUT2D eigenvalue weighted by atomic mass is 15.3. The van der Waals surface area contributed by atoms with E-state index in [4.69, 9.17) is 4.98 Å². The second-order valence-electron chi connectivity index (χ2n) is 8.17. The van der Waals surface area contributed by atoms with Gasteiger partial charge < -0.3 is 10.2 Å². The second-order valence-corrected chi connectivity index (χ2v) is 8.17. The third-order valence-electron chi connectivity index (χ3n) is 5.44. The monoisotopic (exact) mass is 387 g/mol. The number of fused-ring (bicyclic) bond motifs is 2. The zero-order chi connectivity index (χ0) is 20.1. The highest BCUT2D eigenvalue weighted by Gasteiger charge is 2.21. The van der Waals surface area contributed by atoms with Gasteiger partial charge in [0.05, 0.1) is 17.4 Å². The minimum absolute atomic E-state index is 0.476. The number of nitrogens with one attached hydrogen (secondary N) is 1. The molecule has 3 aromatic heterocycles. The normalized spacial score (nSPS) is 19.9. The van der Waals surface area contributed by atoms with Gasteiger partial charge in [-0.15, -0.1) is 0 Å². The first-order valence-electron chi connectivity index (χ1n) is 10.1. The third-order valence-corrected chi connectivity index (χ3v) is 5.44. The van der Waals surface area contributed by atoms with Crippen molar-refractivity contribution in [2.45, 2.75) is 39.8 Å². The molecule has 0 radical (unpaired) electrons. The number of aromatic nitrogens is 5. The maximum Gasteiger partial charge on any atom is 0.180 e. The summed E-state index contributed by atoms with van der Waals surface area (Å²) in [7, 11) is 0. The molecule has 7 heteroatoms. The molecule has 1 aliphatic heterocycles. The third kappa shape index (κ3) is 3.31. The first-order chi connectivity index (χ1) is 14.0. The van der Waals surface area contributed by atoms with Crippen LogP contribution in [0.15, 0.2) is 36.7 Å². The quantitative estimate of drug-likeness (QED) is 0.570.